The molecule has 0 radical (unpaired) electrons. The molecule has 0 aliphatic heterocycles. The van der Waals surface area contributed by atoms with Crippen LogP contribution in [0.1, 0.15) is 119 Å². The number of hydrogen-bond acceptors (Lipinski definition) is 0. The molecule has 0 unspecified atom stereocenters. The van der Waals surface area contributed by atoms with Gasteiger partial charge in [0.15, 0.2) is 0 Å². The fourth-order valence-corrected chi connectivity index (χ4v) is 8.88. The topological polar surface area (TPSA) is 0 Å². The molecule has 4 heteroatoms. The van der Waals surface area contributed by atoms with Gasteiger partial charge in [0.25, 0.3) is 0 Å². The van der Waals surface area contributed by atoms with Crippen molar-refractivity contribution >= 4 is 28.3 Å². The van der Waals surface area contributed by atoms with Crippen LogP contribution in [-0.4, -0.2) is 37.0 Å². The molecule has 0 rings (SSSR count). The molecule has 0 aromatic rings. The second-order valence-electron chi connectivity index (χ2n) is 7.80. The van der Waals surface area contributed by atoms with E-state index in [9.17, 15) is 0 Å². The van der Waals surface area contributed by atoms with Crippen LogP contribution in [0.25, 0.3) is 0 Å². The Bertz CT molecular complexity index is 181. The molecule has 28 heavy (non-hydrogen) atoms. The van der Waals surface area contributed by atoms with Gasteiger partial charge in [0, 0.05) is 21.1 Å². The average Bonchev–Trinajstić information content (AvgIpc) is 2.67. The third-order valence-electron chi connectivity index (χ3n) is 4.97. The summed E-state index contributed by atoms with van der Waals surface area (Å²) in [7, 11) is 0.843. The van der Waals surface area contributed by atoms with E-state index in [2.05, 4.69) is 41.5 Å². The molecule has 0 aliphatic carbocycles. The summed E-state index contributed by atoms with van der Waals surface area (Å²) in [5.74, 6) is 0. The van der Waals surface area contributed by atoms with Crippen molar-refractivity contribution in [3.63, 3.8) is 0 Å². The van der Waals surface area contributed by atoms with E-state index in [4.69, 9.17) is 0 Å². The Morgan fingerprint density at radius 3 is 0.607 bits per heavy atom. The summed E-state index contributed by atoms with van der Waals surface area (Å²) in [6.07, 6.45) is 26.4. The van der Waals surface area contributed by atoms with Crippen LogP contribution < -0.4 is 0 Å². The molecule has 0 aliphatic rings. The maximum Gasteiger partial charge on any atom is 0 e. The molecule has 0 atom stereocenters. The van der Waals surface area contributed by atoms with Crippen LogP contribution in [0.5, 0.6) is 0 Å². The Kier molecular flexibility index (Phi) is 44.4. The maximum atomic E-state index is 2.31. The molecular weight excluding hydrogens is 581 g/mol. The van der Waals surface area contributed by atoms with Gasteiger partial charge < -0.3 is 0 Å². The van der Waals surface area contributed by atoms with E-state index in [1.807, 2.05) is 0 Å². The molecular formula is C24H55ClP2Pt. The van der Waals surface area contributed by atoms with Gasteiger partial charge in [-0.05, 0) is 75.5 Å². The van der Waals surface area contributed by atoms with Gasteiger partial charge in [0.2, 0.25) is 0 Å². The first-order valence-corrected chi connectivity index (χ1v) is 15.9. The van der Waals surface area contributed by atoms with Crippen LogP contribution >= 0.6 is 28.3 Å². The molecule has 0 fully saturated rings. The summed E-state index contributed by atoms with van der Waals surface area (Å²) in [5, 5.41) is 0. The fraction of sp³-hybridized carbons (Fsp3) is 1.00. The standard InChI is InChI=1S/2C12H27P.ClH.Pt/c2*1-4-7-10-13(11-8-5-2)12-9-6-3;;/h2*4-12H2,1-3H3;1H;. The normalized spacial score (nSPS) is 10.3. The molecule has 0 bridgehead atoms. The Morgan fingerprint density at radius 1 is 0.357 bits per heavy atom. The Hall–Kier alpha value is 1.84. The van der Waals surface area contributed by atoms with Crippen LogP contribution in [0.2, 0.25) is 0 Å². The average molecular weight is 636 g/mol. The predicted molar refractivity (Wildman–Crippen MR) is 140 cm³/mol. The van der Waals surface area contributed by atoms with Crippen molar-refractivity contribution in [2.75, 3.05) is 37.0 Å². The number of unbranched alkanes of at least 4 members (excludes halogenated alkanes) is 6. The molecule has 0 amide bonds. The molecule has 0 saturated heterocycles. The van der Waals surface area contributed by atoms with Crippen molar-refractivity contribution in [3.05, 3.63) is 0 Å². The minimum absolute atomic E-state index is 0. The van der Waals surface area contributed by atoms with Gasteiger partial charge in [0.1, 0.15) is 0 Å². The van der Waals surface area contributed by atoms with E-state index in [1.165, 1.54) is 77.0 Å². The van der Waals surface area contributed by atoms with Crippen molar-refractivity contribution in [2.24, 2.45) is 0 Å². The van der Waals surface area contributed by atoms with Gasteiger partial charge in [-0.3, -0.25) is 0 Å². The van der Waals surface area contributed by atoms with E-state index in [0.717, 1.165) is 0 Å². The quantitative estimate of drug-likeness (QED) is 0.132. The summed E-state index contributed by atoms with van der Waals surface area (Å²) in [4.78, 5) is 0. The van der Waals surface area contributed by atoms with Crippen LogP contribution in [0.15, 0.2) is 0 Å². The molecule has 178 valence electrons. The van der Waals surface area contributed by atoms with Gasteiger partial charge in [-0.1, -0.05) is 80.1 Å². The van der Waals surface area contributed by atoms with E-state index < -0.39 is 0 Å². The second kappa shape index (κ2) is 33.5. The molecule has 0 heterocycles. The van der Waals surface area contributed by atoms with Crippen LogP contribution in [0.3, 0.4) is 0 Å². The van der Waals surface area contributed by atoms with E-state index in [1.54, 1.807) is 37.0 Å². The third kappa shape index (κ3) is 30.0. The zero-order chi connectivity index (χ0) is 19.9. The van der Waals surface area contributed by atoms with Gasteiger partial charge in [-0.15, -0.1) is 28.3 Å². The van der Waals surface area contributed by atoms with Gasteiger partial charge in [-0.25, -0.2) is 0 Å². The summed E-state index contributed by atoms with van der Waals surface area (Å²) < 4.78 is 0. The van der Waals surface area contributed by atoms with E-state index >= 15 is 0 Å². The number of hydrogen-bond donors (Lipinski definition) is 0. The van der Waals surface area contributed by atoms with Crippen molar-refractivity contribution in [1.82, 2.24) is 0 Å². The molecule has 0 aromatic heterocycles. The summed E-state index contributed by atoms with van der Waals surface area (Å²) in [6.45, 7) is 13.9. The first-order chi connectivity index (χ1) is 12.7. The fourth-order valence-electron chi connectivity index (χ4n) is 2.96. The minimum atomic E-state index is 0. The van der Waals surface area contributed by atoms with Gasteiger partial charge in [0.05, 0.1) is 0 Å². The minimum Gasteiger partial charge on any atom is -0.147 e. The first-order valence-electron chi connectivity index (χ1n) is 12.1. The zero-order valence-electron chi connectivity index (χ0n) is 20.3. The maximum absolute atomic E-state index is 2.31. The predicted octanol–water partition coefficient (Wildman–Crippen LogP) is 10.2. The van der Waals surface area contributed by atoms with Gasteiger partial charge in [-0.2, -0.15) is 0 Å². The molecule has 0 spiro atoms. The van der Waals surface area contributed by atoms with E-state index in [-0.39, 0.29) is 33.5 Å². The van der Waals surface area contributed by atoms with Crippen molar-refractivity contribution in [2.45, 2.75) is 119 Å². The second-order valence-corrected chi connectivity index (χ2v) is 13.2. The zero-order valence-corrected chi connectivity index (χ0v) is 25.2. The smallest absolute Gasteiger partial charge is 0 e. The van der Waals surface area contributed by atoms with Crippen LogP contribution in [-0.2, 0) is 21.1 Å². The first kappa shape index (κ1) is 37.2. The Morgan fingerprint density at radius 2 is 0.500 bits per heavy atom. The van der Waals surface area contributed by atoms with Crippen LogP contribution in [0.4, 0.5) is 0 Å². The SMILES string of the molecule is CCCCP(CCCC)CCCC.CCCCP(CCCC)CCCC.Cl.[Pt]. The monoisotopic (exact) mass is 635 g/mol. The van der Waals surface area contributed by atoms with E-state index in [0.29, 0.717) is 15.8 Å². The van der Waals surface area contributed by atoms with Crippen molar-refractivity contribution < 1.29 is 21.1 Å². The van der Waals surface area contributed by atoms with Crippen molar-refractivity contribution in [1.29, 1.82) is 0 Å². The molecule has 0 N–H and O–H groups in total. The number of halogens is 1. The summed E-state index contributed by atoms with van der Waals surface area (Å²) in [5.41, 5.74) is 0. The van der Waals surface area contributed by atoms with Crippen LogP contribution in [0, 0.1) is 0 Å². The molecule has 0 saturated carbocycles. The third-order valence-corrected chi connectivity index (χ3v) is 10.7. The molecule has 0 nitrogen and oxygen atoms in total. The van der Waals surface area contributed by atoms with Crippen molar-refractivity contribution in [3.8, 4) is 0 Å². The Balaban J connectivity index is -0.000000192. The summed E-state index contributed by atoms with van der Waals surface area (Å²) in [6, 6.07) is 0. The Labute approximate surface area is 204 Å². The molecule has 0 aromatic carbocycles. The summed E-state index contributed by atoms with van der Waals surface area (Å²) >= 11 is 0. The number of rotatable bonds is 18. The van der Waals surface area contributed by atoms with Gasteiger partial charge >= 0.3 is 0 Å². The largest absolute Gasteiger partial charge is 0.147 e.